The van der Waals surface area contributed by atoms with Gasteiger partial charge in [-0.15, -0.1) is 0 Å². The molecule has 0 bridgehead atoms. The lowest BCUT2D eigenvalue weighted by Crippen LogP contribution is -1.95. The van der Waals surface area contributed by atoms with Gasteiger partial charge < -0.3 is 0 Å². The van der Waals surface area contributed by atoms with Gasteiger partial charge in [0.2, 0.25) is 0 Å². The highest BCUT2D eigenvalue weighted by Gasteiger charge is 3.04. The Balaban J connectivity index is 2.11. The fourth-order valence-electron chi connectivity index (χ4n) is 3.57. The van der Waals surface area contributed by atoms with Crippen molar-refractivity contribution in [2.45, 2.75) is 6.92 Å². The maximum absolute atomic E-state index is 2.52. The first-order valence-electron chi connectivity index (χ1n) is 3.57. The van der Waals surface area contributed by atoms with Crippen molar-refractivity contribution < 1.29 is 0 Å². The molecule has 1 spiro atoms. The van der Waals surface area contributed by atoms with Crippen LogP contribution in [0.1, 0.15) is 6.92 Å². The first-order chi connectivity index (χ1) is 3.88. The third-order valence-electron chi connectivity index (χ3n) is 4.01. The summed E-state index contributed by atoms with van der Waals surface area (Å²) in [5.41, 5.74) is 2.71. The Morgan fingerprint density at radius 1 is 1.50 bits per heavy atom. The second-order valence-electron chi connectivity index (χ2n) is 3.97. The summed E-state index contributed by atoms with van der Waals surface area (Å²) in [5.74, 6) is 4.70. The minimum absolute atomic E-state index is 0.990. The fraction of sp³-hybridized carbons (Fsp3) is 0.750. The normalized spacial score (nSPS) is 84.9. The van der Waals surface area contributed by atoms with E-state index >= 15 is 0 Å². The van der Waals surface area contributed by atoms with E-state index in [-0.39, 0.29) is 0 Å². The summed E-state index contributed by atoms with van der Waals surface area (Å²) in [6, 6.07) is 0. The van der Waals surface area contributed by atoms with Crippen LogP contribution < -0.4 is 0 Å². The highest BCUT2D eigenvalue weighted by Crippen LogP contribution is 3.07. The molecule has 0 nitrogen and oxygen atoms in total. The quantitative estimate of drug-likeness (QED) is 0.408. The second-order valence-corrected chi connectivity index (χ2v) is 3.97. The fourth-order valence-corrected chi connectivity index (χ4v) is 3.57. The van der Waals surface area contributed by atoms with E-state index in [2.05, 4.69) is 13.0 Å². The van der Waals surface area contributed by atoms with Crippen molar-refractivity contribution in [3.05, 3.63) is 11.6 Å². The van der Waals surface area contributed by atoms with E-state index in [1.54, 1.807) is 5.57 Å². The monoisotopic (exact) mass is 104 g/mol. The Labute approximate surface area is 48.6 Å². The van der Waals surface area contributed by atoms with E-state index in [1.807, 2.05) is 0 Å². The van der Waals surface area contributed by atoms with Crippen LogP contribution in [0.5, 0.6) is 0 Å². The molecule has 0 N–H and O–H groups in total. The highest BCUT2D eigenvalue weighted by atomic mass is 15.1. The molecule has 5 unspecified atom stereocenters. The predicted molar refractivity (Wildman–Crippen MR) is 30.1 cm³/mol. The van der Waals surface area contributed by atoms with E-state index in [0.717, 1.165) is 17.3 Å². The molecular weight excluding hydrogens is 96.1 g/mol. The van der Waals surface area contributed by atoms with Gasteiger partial charge in [0.15, 0.2) is 0 Å². The van der Waals surface area contributed by atoms with Crippen molar-refractivity contribution in [2.75, 3.05) is 0 Å². The molecule has 4 rings (SSSR count). The molecule has 5 atom stereocenters. The summed E-state index contributed by atoms with van der Waals surface area (Å²) < 4.78 is 0. The lowest BCUT2D eigenvalue weighted by molar-refractivity contribution is 0.639. The third kappa shape index (κ3) is 0.0905. The standard InChI is InChI=1S/C8H8/c1-3-2-4-6-7-5(3)8(4,6)7/h2,4-7H,1H3. The summed E-state index contributed by atoms with van der Waals surface area (Å²) in [6.45, 7) is 2.31. The number of allylic oxidation sites excluding steroid dienone is 2. The number of hydrogen-bond acceptors (Lipinski definition) is 0. The molecule has 40 valence electrons. The molecule has 0 heterocycles. The van der Waals surface area contributed by atoms with E-state index in [0.29, 0.717) is 0 Å². The number of fused-ring (bicyclic) bond motifs is 3. The molecule has 0 radical (unpaired) electrons. The van der Waals surface area contributed by atoms with Crippen molar-refractivity contribution in [3.8, 4) is 0 Å². The first-order valence-corrected chi connectivity index (χ1v) is 3.57. The van der Waals surface area contributed by atoms with Gasteiger partial charge in [0.25, 0.3) is 0 Å². The molecule has 0 aromatic rings. The zero-order valence-corrected chi connectivity index (χ0v) is 4.89. The lowest BCUT2D eigenvalue weighted by atomic mass is 10.0. The van der Waals surface area contributed by atoms with Crippen LogP contribution in [0.4, 0.5) is 0 Å². The van der Waals surface area contributed by atoms with Crippen LogP contribution >= 0.6 is 0 Å². The maximum atomic E-state index is 2.52. The molecule has 8 heavy (non-hydrogen) atoms. The average molecular weight is 104 g/mol. The molecule has 4 aliphatic carbocycles. The van der Waals surface area contributed by atoms with Gasteiger partial charge in [-0.3, -0.25) is 0 Å². The van der Waals surface area contributed by atoms with Crippen molar-refractivity contribution in [2.24, 2.45) is 29.1 Å². The van der Waals surface area contributed by atoms with E-state index in [9.17, 15) is 0 Å². The van der Waals surface area contributed by atoms with Crippen LogP contribution in [0.3, 0.4) is 0 Å². The molecule has 0 heteroatoms. The highest BCUT2D eigenvalue weighted by molar-refractivity contribution is 5.61. The van der Waals surface area contributed by atoms with Crippen molar-refractivity contribution in [3.63, 3.8) is 0 Å². The van der Waals surface area contributed by atoms with Gasteiger partial charge in [0.1, 0.15) is 0 Å². The van der Waals surface area contributed by atoms with Gasteiger partial charge in [0.05, 0.1) is 0 Å². The summed E-state index contributed by atoms with van der Waals surface area (Å²) in [4.78, 5) is 0. The van der Waals surface area contributed by atoms with Crippen LogP contribution in [-0.2, 0) is 0 Å². The number of hydrogen-bond donors (Lipinski definition) is 0. The molecule has 0 aromatic heterocycles. The zero-order valence-electron chi connectivity index (χ0n) is 4.89. The van der Waals surface area contributed by atoms with Gasteiger partial charge in [-0.2, -0.15) is 0 Å². The molecule has 4 aliphatic rings. The van der Waals surface area contributed by atoms with E-state index in [4.69, 9.17) is 0 Å². The molecule has 0 amide bonds. The Morgan fingerprint density at radius 2 is 2.38 bits per heavy atom. The second kappa shape index (κ2) is 0.470. The van der Waals surface area contributed by atoms with Crippen molar-refractivity contribution >= 4 is 0 Å². The van der Waals surface area contributed by atoms with Crippen LogP contribution in [-0.4, -0.2) is 0 Å². The van der Waals surface area contributed by atoms with E-state index in [1.165, 1.54) is 11.8 Å². The SMILES string of the molecule is CC1=CC2C3C4C1C234. The Morgan fingerprint density at radius 3 is 2.62 bits per heavy atom. The number of rotatable bonds is 0. The minimum Gasteiger partial charge on any atom is -0.0813 e. The van der Waals surface area contributed by atoms with Gasteiger partial charge in [0, 0.05) is 0 Å². The van der Waals surface area contributed by atoms with Crippen molar-refractivity contribution in [1.82, 2.24) is 0 Å². The minimum atomic E-state index is 0.990. The van der Waals surface area contributed by atoms with Gasteiger partial charge in [-0.25, -0.2) is 0 Å². The average Bonchev–Trinajstić information content (AvgIpc) is 2.49. The Hall–Kier alpha value is -0.260. The molecular formula is C8H8. The van der Waals surface area contributed by atoms with Crippen LogP contribution in [0.15, 0.2) is 11.6 Å². The molecule has 0 saturated heterocycles. The largest absolute Gasteiger partial charge is 0.0813 e. The van der Waals surface area contributed by atoms with Crippen LogP contribution in [0.25, 0.3) is 0 Å². The van der Waals surface area contributed by atoms with E-state index < -0.39 is 0 Å². The van der Waals surface area contributed by atoms with Crippen molar-refractivity contribution in [1.29, 1.82) is 0 Å². The predicted octanol–water partition coefficient (Wildman–Crippen LogP) is 1.44. The summed E-state index contributed by atoms with van der Waals surface area (Å²) >= 11 is 0. The zero-order chi connectivity index (χ0) is 5.09. The Bertz CT molecular complexity index is 238. The Kier molecular flexibility index (Phi) is 0.179. The smallest absolute Gasteiger partial charge is 0.00888 e. The molecule has 0 aromatic carbocycles. The van der Waals surface area contributed by atoms with Gasteiger partial charge in [-0.05, 0) is 36.0 Å². The lowest BCUT2D eigenvalue weighted by Gasteiger charge is -2.04. The maximum Gasteiger partial charge on any atom is -0.00888 e. The first kappa shape index (κ1) is 3.05. The molecule has 0 aliphatic heterocycles. The molecule has 3 fully saturated rings. The van der Waals surface area contributed by atoms with Crippen LogP contribution in [0.2, 0.25) is 0 Å². The van der Waals surface area contributed by atoms with Crippen LogP contribution in [0, 0.1) is 29.1 Å². The third-order valence-corrected chi connectivity index (χ3v) is 4.01. The van der Waals surface area contributed by atoms with Gasteiger partial charge >= 0.3 is 0 Å². The molecule has 3 saturated carbocycles. The van der Waals surface area contributed by atoms with Gasteiger partial charge in [-0.1, -0.05) is 11.6 Å². The summed E-state index contributed by atoms with van der Waals surface area (Å²) in [7, 11) is 0. The summed E-state index contributed by atoms with van der Waals surface area (Å²) in [5, 5.41) is 0. The summed E-state index contributed by atoms with van der Waals surface area (Å²) in [6.07, 6.45) is 2.52. The topological polar surface area (TPSA) is 0 Å².